The number of aromatic nitrogens is 1. The Kier molecular flexibility index (Phi) is 3.83. The predicted octanol–water partition coefficient (Wildman–Crippen LogP) is 5.04. The molecule has 104 valence electrons. The number of aromatic amines is 1. The number of para-hydroxylation sites is 1. The Morgan fingerprint density at radius 2 is 2.05 bits per heavy atom. The van der Waals surface area contributed by atoms with E-state index in [1.54, 1.807) is 0 Å². The molecule has 3 aromatic rings. The summed E-state index contributed by atoms with van der Waals surface area (Å²) in [4.78, 5) is 6.09. The van der Waals surface area contributed by atoms with Gasteiger partial charge in [-0.05, 0) is 32.0 Å². The van der Waals surface area contributed by atoms with Crippen LogP contribution in [0.5, 0.6) is 0 Å². The maximum Gasteiger partial charge on any atom is 0.0705 e. The average Bonchev–Trinajstić information content (AvgIpc) is 3.01. The number of halogens is 1. The van der Waals surface area contributed by atoms with Gasteiger partial charge >= 0.3 is 0 Å². The number of benzene rings is 1. The van der Waals surface area contributed by atoms with E-state index in [2.05, 4.69) is 42.3 Å². The van der Waals surface area contributed by atoms with Gasteiger partial charge in [-0.15, -0.1) is 11.3 Å². The molecule has 2 heterocycles. The number of thiophene rings is 1. The zero-order valence-corrected chi connectivity index (χ0v) is 13.1. The number of rotatable bonds is 4. The molecule has 2 aromatic heterocycles. The summed E-state index contributed by atoms with van der Waals surface area (Å²) in [5.41, 5.74) is 2.14. The first kappa shape index (κ1) is 13.7. The van der Waals surface area contributed by atoms with Crippen molar-refractivity contribution < 1.29 is 0 Å². The van der Waals surface area contributed by atoms with Crippen LogP contribution in [0.3, 0.4) is 0 Å². The molecule has 20 heavy (non-hydrogen) atoms. The number of hydrogen-bond donors (Lipinski definition) is 2. The fraction of sp³-hybridized carbons (Fsp3) is 0.250. The zero-order valence-electron chi connectivity index (χ0n) is 11.5. The first-order chi connectivity index (χ1) is 9.65. The molecular weight excluding hydrogens is 288 g/mol. The molecular formula is C16H17ClN2S. The molecule has 4 heteroatoms. The van der Waals surface area contributed by atoms with Crippen LogP contribution in [0, 0.1) is 6.92 Å². The van der Waals surface area contributed by atoms with Gasteiger partial charge < -0.3 is 10.3 Å². The molecule has 2 nitrogen and oxygen atoms in total. The number of nitrogens with one attached hydrogen (secondary N) is 2. The highest BCUT2D eigenvalue weighted by atomic mass is 35.5. The molecule has 0 aliphatic rings. The lowest BCUT2D eigenvalue weighted by molar-refractivity contribution is 0.577. The summed E-state index contributed by atoms with van der Waals surface area (Å²) in [5, 5.41) is 5.44. The normalized spacial score (nSPS) is 12.9. The Bertz CT molecular complexity index is 729. The second-order valence-corrected chi connectivity index (χ2v) is 6.71. The van der Waals surface area contributed by atoms with Crippen molar-refractivity contribution >= 4 is 33.8 Å². The Balaban J connectivity index is 1.75. The van der Waals surface area contributed by atoms with Gasteiger partial charge in [0.15, 0.2) is 0 Å². The van der Waals surface area contributed by atoms with E-state index in [0.717, 1.165) is 28.2 Å². The highest BCUT2D eigenvalue weighted by molar-refractivity contribution is 7.12. The van der Waals surface area contributed by atoms with Crippen LogP contribution in [0.2, 0.25) is 5.02 Å². The Hall–Kier alpha value is -1.29. The molecule has 0 amide bonds. The number of fused-ring (bicyclic) bond motifs is 1. The van der Waals surface area contributed by atoms with Crippen LogP contribution < -0.4 is 5.32 Å². The Labute approximate surface area is 127 Å². The van der Waals surface area contributed by atoms with Crippen molar-refractivity contribution in [1.82, 2.24) is 10.3 Å². The summed E-state index contributed by atoms with van der Waals surface area (Å²) in [6.07, 6.45) is 0. The predicted molar refractivity (Wildman–Crippen MR) is 87.6 cm³/mol. The summed E-state index contributed by atoms with van der Waals surface area (Å²) < 4.78 is 0. The van der Waals surface area contributed by atoms with Crippen molar-refractivity contribution in [3.63, 3.8) is 0 Å². The van der Waals surface area contributed by atoms with Crippen molar-refractivity contribution in [3.05, 3.63) is 56.9 Å². The molecule has 3 rings (SSSR count). The van der Waals surface area contributed by atoms with Crippen LogP contribution in [-0.2, 0) is 6.54 Å². The molecule has 0 aliphatic carbocycles. The summed E-state index contributed by atoms with van der Waals surface area (Å²) in [7, 11) is 0. The highest BCUT2D eigenvalue weighted by Crippen LogP contribution is 2.28. The lowest BCUT2D eigenvalue weighted by Gasteiger charge is -2.11. The van der Waals surface area contributed by atoms with Gasteiger partial charge in [-0.25, -0.2) is 0 Å². The smallest absolute Gasteiger partial charge is 0.0705 e. The topological polar surface area (TPSA) is 27.8 Å². The lowest BCUT2D eigenvalue weighted by atomic mass is 10.2. The molecule has 2 N–H and O–H groups in total. The van der Waals surface area contributed by atoms with Crippen molar-refractivity contribution in [2.45, 2.75) is 26.4 Å². The number of aryl methyl sites for hydroxylation is 1. The van der Waals surface area contributed by atoms with Gasteiger partial charge in [-0.2, -0.15) is 0 Å². The maximum atomic E-state index is 6.42. The van der Waals surface area contributed by atoms with E-state index < -0.39 is 0 Å². The first-order valence-electron chi connectivity index (χ1n) is 6.70. The molecule has 1 unspecified atom stereocenters. The third-order valence-electron chi connectivity index (χ3n) is 3.49. The van der Waals surface area contributed by atoms with Crippen LogP contribution in [0.15, 0.2) is 36.4 Å². The molecule has 1 atom stereocenters. The fourth-order valence-corrected chi connectivity index (χ4v) is 3.51. The van der Waals surface area contributed by atoms with Gasteiger partial charge in [0, 0.05) is 38.9 Å². The van der Waals surface area contributed by atoms with E-state index in [0.29, 0.717) is 6.04 Å². The molecule has 1 aromatic carbocycles. The van der Waals surface area contributed by atoms with E-state index >= 15 is 0 Å². The summed E-state index contributed by atoms with van der Waals surface area (Å²) in [5.74, 6) is 0. The Morgan fingerprint density at radius 1 is 1.25 bits per heavy atom. The monoisotopic (exact) mass is 304 g/mol. The van der Waals surface area contributed by atoms with Crippen LogP contribution in [0.1, 0.15) is 28.4 Å². The summed E-state index contributed by atoms with van der Waals surface area (Å²) in [6, 6.07) is 12.8. The zero-order chi connectivity index (χ0) is 14.1. The van der Waals surface area contributed by atoms with Crippen molar-refractivity contribution in [3.8, 4) is 0 Å². The van der Waals surface area contributed by atoms with Crippen LogP contribution >= 0.6 is 22.9 Å². The first-order valence-corrected chi connectivity index (χ1v) is 7.89. The van der Waals surface area contributed by atoms with E-state index in [-0.39, 0.29) is 0 Å². The second kappa shape index (κ2) is 5.60. The van der Waals surface area contributed by atoms with E-state index in [1.165, 1.54) is 9.75 Å². The van der Waals surface area contributed by atoms with Gasteiger partial charge in [0.05, 0.1) is 5.02 Å². The number of H-pyrrole nitrogens is 1. The minimum absolute atomic E-state index is 0.330. The van der Waals surface area contributed by atoms with Gasteiger partial charge in [-0.3, -0.25) is 0 Å². The minimum Gasteiger partial charge on any atom is -0.356 e. The quantitative estimate of drug-likeness (QED) is 0.694. The van der Waals surface area contributed by atoms with Crippen LogP contribution in [0.4, 0.5) is 0 Å². The molecule has 0 saturated carbocycles. The van der Waals surface area contributed by atoms with Crippen molar-refractivity contribution in [2.24, 2.45) is 0 Å². The van der Waals surface area contributed by atoms with Crippen LogP contribution in [-0.4, -0.2) is 4.98 Å². The van der Waals surface area contributed by atoms with Gasteiger partial charge in [0.2, 0.25) is 0 Å². The largest absolute Gasteiger partial charge is 0.356 e. The van der Waals surface area contributed by atoms with Gasteiger partial charge in [0.1, 0.15) is 0 Å². The third kappa shape index (κ3) is 2.62. The van der Waals surface area contributed by atoms with E-state index in [1.807, 2.05) is 29.5 Å². The molecule has 0 radical (unpaired) electrons. The van der Waals surface area contributed by atoms with Gasteiger partial charge in [0.25, 0.3) is 0 Å². The van der Waals surface area contributed by atoms with Crippen molar-refractivity contribution in [2.75, 3.05) is 0 Å². The molecule has 0 saturated heterocycles. The lowest BCUT2D eigenvalue weighted by Crippen LogP contribution is -2.17. The second-order valence-electron chi connectivity index (χ2n) is 5.01. The minimum atomic E-state index is 0.330. The average molecular weight is 305 g/mol. The summed E-state index contributed by atoms with van der Waals surface area (Å²) in [6.45, 7) is 5.06. The Morgan fingerprint density at radius 3 is 2.75 bits per heavy atom. The highest BCUT2D eigenvalue weighted by Gasteiger charge is 2.11. The third-order valence-corrected chi connectivity index (χ3v) is 5.10. The van der Waals surface area contributed by atoms with Gasteiger partial charge in [-0.1, -0.05) is 29.8 Å². The fourth-order valence-electron chi connectivity index (χ4n) is 2.33. The molecule has 0 bridgehead atoms. The maximum absolute atomic E-state index is 6.42. The van der Waals surface area contributed by atoms with Crippen molar-refractivity contribution in [1.29, 1.82) is 0 Å². The van der Waals surface area contributed by atoms with Crippen LogP contribution in [0.25, 0.3) is 10.9 Å². The molecule has 0 aliphatic heterocycles. The standard InChI is InChI=1S/C16H17ClN2S/c1-10-7-8-15(20-10)11(2)18-9-14-16(17)12-5-3-4-6-13(12)19-14/h3-8,11,18-19H,9H2,1-2H3. The molecule has 0 fully saturated rings. The molecule has 0 spiro atoms. The number of hydrogen-bond acceptors (Lipinski definition) is 2. The SMILES string of the molecule is Cc1ccc(C(C)NCc2[nH]c3ccccc3c2Cl)s1. The van der Waals surface area contributed by atoms with E-state index in [4.69, 9.17) is 11.6 Å². The van der Waals surface area contributed by atoms with E-state index in [9.17, 15) is 0 Å². The summed E-state index contributed by atoms with van der Waals surface area (Å²) >= 11 is 8.26.